The maximum absolute atomic E-state index is 12.2. The number of aryl methyl sites for hydroxylation is 1. The zero-order valence-corrected chi connectivity index (χ0v) is 15.5. The van der Waals surface area contributed by atoms with Crippen LogP contribution in [0, 0.1) is 0 Å². The fourth-order valence-corrected chi connectivity index (χ4v) is 3.06. The minimum absolute atomic E-state index is 0.121. The first-order valence-corrected chi connectivity index (χ1v) is 8.77. The third-order valence-electron chi connectivity index (χ3n) is 3.70. The van der Waals surface area contributed by atoms with Crippen molar-refractivity contribution in [2.75, 3.05) is 18.0 Å². The molecule has 0 atom stereocenters. The summed E-state index contributed by atoms with van der Waals surface area (Å²) in [5.41, 5.74) is 1.59. The summed E-state index contributed by atoms with van der Waals surface area (Å²) in [4.78, 5) is 25.4. The van der Waals surface area contributed by atoms with Gasteiger partial charge in [-0.3, -0.25) is 9.59 Å². The van der Waals surface area contributed by atoms with Gasteiger partial charge in [-0.2, -0.15) is 0 Å². The molecule has 0 saturated heterocycles. The van der Waals surface area contributed by atoms with Gasteiger partial charge in [-0.15, -0.1) is 0 Å². The Balaban J connectivity index is 1.89. The lowest BCUT2D eigenvalue weighted by Crippen LogP contribution is -2.40. The number of hydrogen-bond donors (Lipinski definition) is 1. The number of halogens is 2. The molecule has 4 nitrogen and oxygen atoms in total. The minimum Gasteiger partial charge on any atom is -0.355 e. The first-order valence-electron chi connectivity index (χ1n) is 8.02. The van der Waals surface area contributed by atoms with Crippen LogP contribution in [0.5, 0.6) is 0 Å². The molecule has 0 aromatic heterocycles. The summed E-state index contributed by atoms with van der Waals surface area (Å²) in [6.07, 6.45) is 1.70. The van der Waals surface area contributed by atoms with Gasteiger partial charge in [-0.25, -0.2) is 0 Å². The molecule has 0 heterocycles. The van der Waals surface area contributed by atoms with Crippen molar-refractivity contribution in [1.29, 1.82) is 0 Å². The van der Waals surface area contributed by atoms with Crippen molar-refractivity contribution >= 4 is 40.7 Å². The van der Waals surface area contributed by atoms with Gasteiger partial charge in [0.1, 0.15) is 6.54 Å². The average molecular weight is 379 g/mol. The van der Waals surface area contributed by atoms with E-state index in [4.69, 9.17) is 23.2 Å². The molecule has 1 N–H and O–H groups in total. The van der Waals surface area contributed by atoms with Crippen molar-refractivity contribution in [3.63, 3.8) is 0 Å². The van der Waals surface area contributed by atoms with Crippen LogP contribution in [0.25, 0.3) is 0 Å². The number of carbonyl (C=O) groups is 2. The summed E-state index contributed by atoms with van der Waals surface area (Å²) in [7, 11) is 0. The van der Waals surface area contributed by atoms with Crippen molar-refractivity contribution in [3.8, 4) is 0 Å². The van der Waals surface area contributed by atoms with Gasteiger partial charge >= 0.3 is 0 Å². The van der Waals surface area contributed by atoms with E-state index in [0.717, 1.165) is 12.8 Å². The zero-order valence-electron chi connectivity index (χ0n) is 14.0. The molecular weight excluding hydrogens is 359 g/mol. The number of para-hydroxylation sites is 1. The van der Waals surface area contributed by atoms with E-state index in [2.05, 4.69) is 17.4 Å². The summed E-state index contributed by atoms with van der Waals surface area (Å²) in [5, 5.41) is 3.49. The van der Waals surface area contributed by atoms with Gasteiger partial charge in [0.25, 0.3) is 0 Å². The molecule has 2 aromatic rings. The molecule has 0 aliphatic rings. The molecule has 2 aromatic carbocycles. The molecule has 132 valence electrons. The first kappa shape index (κ1) is 19.3. The molecule has 0 unspecified atom stereocenters. The number of rotatable bonds is 7. The average Bonchev–Trinajstić information content (AvgIpc) is 2.58. The van der Waals surface area contributed by atoms with Crippen molar-refractivity contribution < 1.29 is 9.59 Å². The van der Waals surface area contributed by atoms with Gasteiger partial charge in [0.15, 0.2) is 0 Å². The van der Waals surface area contributed by atoms with Gasteiger partial charge in [0.05, 0.1) is 15.7 Å². The second-order valence-corrected chi connectivity index (χ2v) is 6.43. The molecule has 25 heavy (non-hydrogen) atoms. The molecule has 0 aliphatic carbocycles. The van der Waals surface area contributed by atoms with Gasteiger partial charge in [0.2, 0.25) is 11.8 Å². The summed E-state index contributed by atoms with van der Waals surface area (Å²) < 4.78 is 0. The largest absolute Gasteiger partial charge is 0.355 e. The summed E-state index contributed by atoms with van der Waals surface area (Å²) in [6, 6.07) is 15.0. The van der Waals surface area contributed by atoms with E-state index in [1.807, 2.05) is 18.2 Å². The predicted octanol–water partition coefficient (Wildman–Crippen LogP) is 4.10. The molecule has 0 bridgehead atoms. The Morgan fingerprint density at radius 2 is 1.64 bits per heavy atom. The molecule has 0 saturated carbocycles. The van der Waals surface area contributed by atoms with Crippen LogP contribution in [0.15, 0.2) is 48.5 Å². The molecule has 0 radical (unpaired) electrons. The van der Waals surface area contributed by atoms with Crippen LogP contribution in [0.4, 0.5) is 5.69 Å². The Morgan fingerprint density at radius 3 is 2.24 bits per heavy atom. The molecule has 6 heteroatoms. The van der Waals surface area contributed by atoms with E-state index >= 15 is 0 Å². The fraction of sp³-hybridized carbons (Fsp3) is 0.263. The number of carbonyl (C=O) groups excluding carboxylic acids is 2. The van der Waals surface area contributed by atoms with Gasteiger partial charge in [-0.05, 0) is 30.5 Å². The standard InChI is InChI=1S/C19H20Cl2N2O2/c1-14(24)23(19-16(20)10-5-11-17(19)21)13-18(25)22-12-6-9-15-7-3-2-4-8-15/h2-5,7-8,10-11H,6,9,12-13H2,1H3,(H,22,25). The number of amides is 2. The van der Waals surface area contributed by atoms with Gasteiger partial charge in [-0.1, -0.05) is 59.6 Å². The van der Waals surface area contributed by atoms with Crippen LogP contribution in [-0.4, -0.2) is 24.9 Å². The zero-order chi connectivity index (χ0) is 18.2. The maximum atomic E-state index is 12.2. The monoisotopic (exact) mass is 378 g/mol. The summed E-state index contributed by atoms with van der Waals surface area (Å²) >= 11 is 12.3. The van der Waals surface area contributed by atoms with E-state index in [0.29, 0.717) is 22.3 Å². The number of nitrogens with zero attached hydrogens (tertiary/aromatic N) is 1. The normalized spacial score (nSPS) is 10.4. The number of benzene rings is 2. The van der Waals surface area contributed by atoms with Crippen LogP contribution in [0.3, 0.4) is 0 Å². The van der Waals surface area contributed by atoms with Crippen LogP contribution in [0.1, 0.15) is 18.9 Å². The maximum Gasteiger partial charge on any atom is 0.240 e. The molecule has 2 rings (SSSR count). The molecule has 0 fully saturated rings. The molecular formula is C19H20Cl2N2O2. The highest BCUT2D eigenvalue weighted by atomic mass is 35.5. The lowest BCUT2D eigenvalue weighted by Gasteiger charge is -2.23. The Bertz CT molecular complexity index is 715. The second-order valence-electron chi connectivity index (χ2n) is 5.61. The quantitative estimate of drug-likeness (QED) is 0.737. The summed E-state index contributed by atoms with van der Waals surface area (Å²) in [5.74, 6) is -0.548. The number of hydrogen-bond acceptors (Lipinski definition) is 2. The van der Waals surface area contributed by atoms with E-state index in [1.54, 1.807) is 18.2 Å². The van der Waals surface area contributed by atoms with Crippen LogP contribution >= 0.6 is 23.2 Å². The highest BCUT2D eigenvalue weighted by molar-refractivity contribution is 6.40. The Kier molecular flexibility index (Phi) is 7.29. The Morgan fingerprint density at radius 1 is 1.00 bits per heavy atom. The predicted molar refractivity (Wildman–Crippen MR) is 102 cm³/mol. The van der Waals surface area contributed by atoms with Crippen molar-refractivity contribution in [2.45, 2.75) is 19.8 Å². The lowest BCUT2D eigenvalue weighted by molar-refractivity contribution is -0.123. The van der Waals surface area contributed by atoms with Crippen LogP contribution < -0.4 is 10.2 Å². The number of anilines is 1. The second kappa shape index (κ2) is 9.44. The van der Waals surface area contributed by atoms with E-state index < -0.39 is 0 Å². The van der Waals surface area contributed by atoms with Gasteiger partial charge < -0.3 is 10.2 Å². The molecule has 0 spiro atoms. The molecule has 2 amide bonds. The van der Waals surface area contributed by atoms with E-state index in [1.165, 1.54) is 17.4 Å². The van der Waals surface area contributed by atoms with Crippen molar-refractivity contribution in [3.05, 3.63) is 64.1 Å². The number of nitrogens with one attached hydrogen (secondary N) is 1. The van der Waals surface area contributed by atoms with Crippen molar-refractivity contribution in [1.82, 2.24) is 5.32 Å². The van der Waals surface area contributed by atoms with Crippen LogP contribution in [0.2, 0.25) is 10.0 Å². The van der Waals surface area contributed by atoms with Crippen molar-refractivity contribution in [2.24, 2.45) is 0 Å². The third-order valence-corrected chi connectivity index (χ3v) is 4.31. The highest BCUT2D eigenvalue weighted by Gasteiger charge is 2.20. The van der Waals surface area contributed by atoms with E-state index in [9.17, 15) is 9.59 Å². The highest BCUT2D eigenvalue weighted by Crippen LogP contribution is 2.33. The first-order chi connectivity index (χ1) is 12.0. The molecule has 0 aliphatic heterocycles. The van der Waals surface area contributed by atoms with E-state index in [-0.39, 0.29) is 18.4 Å². The lowest BCUT2D eigenvalue weighted by atomic mass is 10.1. The fourth-order valence-electron chi connectivity index (χ4n) is 2.46. The topological polar surface area (TPSA) is 49.4 Å². The third kappa shape index (κ3) is 5.76. The SMILES string of the molecule is CC(=O)N(CC(=O)NCCCc1ccccc1)c1c(Cl)cccc1Cl. The Hall–Kier alpha value is -2.04. The van der Waals surface area contributed by atoms with Crippen LogP contribution in [-0.2, 0) is 16.0 Å². The smallest absolute Gasteiger partial charge is 0.240 e. The van der Waals surface area contributed by atoms with Gasteiger partial charge in [0, 0.05) is 13.5 Å². The summed E-state index contributed by atoms with van der Waals surface area (Å²) in [6.45, 7) is 1.79. The minimum atomic E-state index is -0.297. The Labute approximate surface area is 157 Å².